The minimum absolute atomic E-state index is 0.0413. The zero-order chi connectivity index (χ0) is 17.6. The molecule has 0 bridgehead atoms. The Labute approximate surface area is 147 Å². The minimum atomic E-state index is -0.153. The summed E-state index contributed by atoms with van der Waals surface area (Å²) < 4.78 is 1.48. The zero-order valence-corrected chi connectivity index (χ0v) is 14.6. The monoisotopic (exact) mass is 337 g/mol. The Morgan fingerprint density at radius 3 is 2.76 bits per heavy atom. The summed E-state index contributed by atoms with van der Waals surface area (Å²) in [6.07, 6.45) is 1.66. The van der Waals surface area contributed by atoms with Gasteiger partial charge in [0.05, 0.1) is 6.04 Å². The lowest BCUT2D eigenvalue weighted by atomic mass is 9.87. The van der Waals surface area contributed by atoms with Crippen LogP contribution < -0.4 is 10.9 Å². The largest absolute Gasteiger partial charge is 0.331 e. The Balaban J connectivity index is 1.74. The van der Waals surface area contributed by atoms with Crippen molar-refractivity contribution in [2.24, 2.45) is 18.9 Å². The molecule has 25 heavy (non-hydrogen) atoms. The summed E-state index contributed by atoms with van der Waals surface area (Å²) in [4.78, 5) is 27.1. The van der Waals surface area contributed by atoms with Gasteiger partial charge < -0.3 is 14.8 Å². The van der Waals surface area contributed by atoms with Crippen molar-refractivity contribution in [1.29, 1.82) is 0 Å². The average molecular weight is 337 g/mol. The predicted octanol–water partition coefficient (Wildman–Crippen LogP) is 1.73. The van der Waals surface area contributed by atoms with Crippen LogP contribution in [0.1, 0.15) is 27.5 Å². The maximum absolute atomic E-state index is 13.2. The maximum Gasteiger partial charge on any atom is 0.254 e. The molecule has 5 heteroatoms. The number of carbonyl (C=O) groups is 1. The highest BCUT2D eigenvalue weighted by molar-refractivity contribution is 5.94. The minimum Gasteiger partial charge on any atom is -0.331 e. The van der Waals surface area contributed by atoms with Gasteiger partial charge in [-0.2, -0.15) is 0 Å². The van der Waals surface area contributed by atoms with E-state index in [1.165, 1.54) is 21.8 Å². The third kappa shape index (κ3) is 2.68. The summed E-state index contributed by atoms with van der Waals surface area (Å²) in [6.45, 7) is 4.73. The number of nitrogens with zero attached hydrogens (tertiary/aromatic N) is 2. The number of likely N-dealkylation sites (tertiary alicyclic amines) is 1. The summed E-state index contributed by atoms with van der Waals surface area (Å²) in [5.74, 6) is 0.858. The van der Waals surface area contributed by atoms with Gasteiger partial charge >= 0.3 is 0 Å². The molecule has 1 aromatic carbocycles. The Morgan fingerprint density at radius 2 is 2.00 bits per heavy atom. The SMILES string of the molecule is Cc1ccccc1[C@@H]1[C@H]2CNC[C@H]2CN1C(=O)c1ccn(C)c(=O)c1. The lowest BCUT2D eigenvalue weighted by Gasteiger charge is -2.29. The third-order valence-corrected chi connectivity index (χ3v) is 5.68. The van der Waals surface area contributed by atoms with Crippen molar-refractivity contribution >= 4 is 5.91 Å². The fraction of sp³-hybridized carbons (Fsp3) is 0.400. The van der Waals surface area contributed by atoms with E-state index in [9.17, 15) is 9.59 Å². The van der Waals surface area contributed by atoms with E-state index in [0.29, 0.717) is 17.4 Å². The van der Waals surface area contributed by atoms with Gasteiger partial charge in [0, 0.05) is 50.4 Å². The van der Waals surface area contributed by atoms with E-state index in [-0.39, 0.29) is 17.5 Å². The van der Waals surface area contributed by atoms with Crippen LogP contribution >= 0.6 is 0 Å². The molecule has 4 rings (SSSR count). The van der Waals surface area contributed by atoms with Gasteiger partial charge in [0.2, 0.25) is 0 Å². The zero-order valence-electron chi connectivity index (χ0n) is 14.6. The van der Waals surface area contributed by atoms with E-state index in [4.69, 9.17) is 0 Å². The van der Waals surface area contributed by atoms with Crippen molar-refractivity contribution in [2.45, 2.75) is 13.0 Å². The molecule has 130 valence electrons. The number of hydrogen-bond donors (Lipinski definition) is 1. The van der Waals surface area contributed by atoms with Crippen LogP contribution in [-0.2, 0) is 7.05 Å². The molecule has 3 heterocycles. The van der Waals surface area contributed by atoms with Crippen LogP contribution in [0.4, 0.5) is 0 Å². The standard InChI is InChI=1S/C20H23N3O2/c1-13-5-3-4-6-16(13)19-17-11-21-10-15(17)12-23(19)20(25)14-7-8-22(2)18(24)9-14/h3-9,15,17,19,21H,10-12H2,1-2H3/t15-,17-,19+/m0/s1. The number of nitrogens with one attached hydrogen (secondary N) is 1. The van der Waals surface area contributed by atoms with Crippen LogP contribution in [0, 0.1) is 18.8 Å². The van der Waals surface area contributed by atoms with Gasteiger partial charge in [-0.15, -0.1) is 0 Å². The van der Waals surface area contributed by atoms with Gasteiger partial charge in [-0.1, -0.05) is 24.3 Å². The highest BCUT2D eigenvalue weighted by Gasteiger charge is 2.47. The van der Waals surface area contributed by atoms with Crippen LogP contribution in [0.25, 0.3) is 0 Å². The van der Waals surface area contributed by atoms with E-state index in [0.717, 1.165) is 19.6 Å². The fourth-order valence-corrected chi connectivity index (χ4v) is 4.29. The molecular weight excluding hydrogens is 314 g/mol. The predicted molar refractivity (Wildman–Crippen MR) is 96.5 cm³/mol. The number of benzene rings is 1. The number of pyridine rings is 1. The molecule has 0 radical (unpaired) electrons. The van der Waals surface area contributed by atoms with Crippen molar-refractivity contribution in [3.8, 4) is 0 Å². The molecule has 3 atom stereocenters. The third-order valence-electron chi connectivity index (χ3n) is 5.68. The van der Waals surface area contributed by atoms with Crippen molar-refractivity contribution in [1.82, 2.24) is 14.8 Å². The van der Waals surface area contributed by atoms with E-state index >= 15 is 0 Å². The summed E-state index contributed by atoms with van der Waals surface area (Å²) in [5, 5.41) is 3.47. The normalized spacial score (nSPS) is 25.2. The van der Waals surface area contributed by atoms with Gasteiger partial charge in [0.25, 0.3) is 11.5 Å². The molecule has 0 saturated carbocycles. The molecule has 0 aliphatic carbocycles. The van der Waals surface area contributed by atoms with Gasteiger partial charge in [0.1, 0.15) is 0 Å². The average Bonchev–Trinajstić information content (AvgIpc) is 3.18. The van der Waals surface area contributed by atoms with Crippen LogP contribution in [-0.4, -0.2) is 35.0 Å². The highest BCUT2D eigenvalue weighted by Crippen LogP contribution is 2.44. The molecule has 2 saturated heterocycles. The molecule has 2 aliphatic heterocycles. The van der Waals surface area contributed by atoms with E-state index in [1.54, 1.807) is 19.3 Å². The number of carbonyl (C=O) groups excluding carboxylic acids is 1. The second kappa shape index (κ2) is 6.15. The number of amides is 1. The van der Waals surface area contributed by atoms with Gasteiger partial charge in [-0.25, -0.2) is 0 Å². The molecule has 1 N–H and O–H groups in total. The maximum atomic E-state index is 13.2. The first kappa shape index (κ1) is 16.1. The lowest BCUT2D eigenvalue weighted by Crippen LogP contribution is -2.35. The Kier molecular flexibility index (Phi) is 3.96. The van der Waals surface area contributed by atoms with Crippen LogP contribution in [0.15, 0.2) is 47.4 Å². The van der Waals surface area contributed by atoms with Crippen LogP contribution in [0.5, 0.6) is 0 Å². The van der Waals surface area contributed by atoms with Crippen LogP contribution in [0.3, 0.4) is 0 Å². The van der Waals surface area contributed by atoms with Crippen molar-refractivity contribution < 1.29 is 4.79 Å². The quantitative estimate of drug-likeness (QED) is 0.908. The van der Waals surface area contributed by atoms with E-state index in [1.807, 2.05) is 17.0 Å². The Bertz CT molecular complexity index is 873. The molecular formula is C20H23N3O2. The second-order valence-corrected chi connectivity index (χ2v) is 7.21. The first-order valence-electron chi connectivity index (χ1n) is 8.80. The van der Waals surface area contributed by atoms with Gasteiger partial charge in [0.15, 0.2) is 0 Å². The molecule has 2 aromatic rings. The smallest absolute Gasteiger partial charge is 0.254 e. The number of fused-ring (bicyclic) bond motifs is 1. The molecule has 5 nitrogen and oxygen atoms in total. The second-order valence-electron chi connectivity index (χ2n) is 7.21. The molecule has 1 amide bonds. The lowest BCUT2D eigenvalue weighted by molar-refractivity contribution is 0.0713. The van der Waals surface area contributed by atoms with E-state index < -0.39 is 0 Å². The summed E-state index contributed by atoms with van der Waals surface area (Å²) >= 11 is 0. The molecule has 0 unspecified atom stereocenters. The Morgan fingerprint density at radius 1 is 1.20 bits per heavy atom. The number of aryl methyl sites for hydroxylation is 2. The van der Waals surface area contributed by atoms with Crippen molar-refractivity contribution in [3.05, 3.63) is 69.6 Å². The van der Waals surface area contributed by atoms with Crippen molar-refractivity contribution in [2.75, 3.05) is 19.6 Å². The first-order valence-corrected chi connectivity index (χ1v) is 8.80. The molecule has 0 spiro atoms. The number of hydrogen-bond acceptors (Lipinski definition) is 3. The summed E-state index contributed by atoms with van der Waals surface area (Å²) in [7, 11) is 1.69. The summed E-state index contributed by atoms with van der Waals surface area (Å²) in [5.41, 5.74) is 2.76. The Hall–Kier alpha value is -2.40. The summed E-state index contributed by atoms with van der Waals surface area (Å²) in [6, 6.07) is 11.6. The fourth-order valence-electron chi connectivity index (χ4n) is 4.29. The molecule has 2 aliphatic rings. The topological polar surface area (TPSA) is 54.3 Å². The van der Waals surface area contributed by atoms with Gasteiger partial charge in [-0.3, -0.25) is 9.59 Å². The van der Waals surface area contributed by atoms with E-state index in [2.05, 4.69) is 24.4 Å². The first-order chi connectivity index (χ1) is 12.1. The highest BCUT2D eigenvalue weighted by atomic mass is 16.2. The van der Waals surface area contributed by atoms with Gasteiger partial charge in [-0.05, 0) is 30.0 Å². The van der Waals surface area contributed by atoms with Crippen molar-refractivity contribution in [3.63, 3.8) is 0 Å². The number of rotatable bonds is 2. The van der Waals surface area contributed by atoms with Crippen LogP contribution in [0.2, 0.25) is 0 Å². The molecule has 1 aromatic heterocycles. The molecule has 2 fully saturated rings. The number of aromatic nitrogens is 1.